The number of carbonyl (C=O) groups is 1. The lowest BCUT2D eigenvalue weighted by molar-refractivity contribution is -0.137. The molecule has 0 radical (unpaired) electrons. The molecule has 0 atom stereocenters. The largest absolute Gasteiger partial charge is 0.481 e. The molecule has 0 aliphatic carbocycles. The number of imidazole rings is 1. The maximum Gasteiger partial charge on any atom is 0.303 e. The summed E-state index contributed by atoms with van der Waals surface area (Å²) >= 11 is 0. The molecule has 4 nitrogen and oxygen atoms in total. The molecular formula is C16H22N2O2. The topological polar surface area (TPSA) is 55.1 Å². The van der Waals surface area contributed by atoms with Crippen LogP contribution in [0.3, 0.4) is 0 Å². The summed E-state index contributed by atoms with van der Waals surface area (Å²) in [6, 6.07) is 6.32. The van der Waals surface area contributed by atoms with E-state index in [-0.39, 0.29) is 6.42 Å². The normalized spacial score (nSPS) is 11.1. The third-order valence-corrected chi connectivity index (χ3v) is 3.51. The molecule has 0 aliphatic heterocycles. The number of aliphatic carboxylic acids is 1. The van der Waals surface area contributed by atoms with Crippen LogP contribution in [0.15, 0.2) is 18.2 Å². The lowest BCUT2D eigenvalue weighted by Gasteiger charge is -2.08. The third kappa shape index (κ3) is 3.38. The predicted molar refractivity (Wildman–Crippen MR) is 80.0 cm³/mol. The molecule has 0 saturated heterocycles. The van der Waals surface area contributed by atoms with Gasteiger partial charge in [-0.15, -0.1) is 0 Å². The minimum absolute atomic E-state index is 0.204. The smallest absolute Gasteiger partial charge is 0.303 e. The first kappa shape index (κ1) is 14.6. The average molecular weight is 274 g/mol. The number of nitrogens with zero attached hydrogens (tertiary/aromatic N) is 2. The van der Waals surface area contributed by atoms with Gasteiger partial charge in [0.2, 0.25) is 0 Å². The number of rotatable bonds is 7. The molecule has 0 amide bonds. The summed E-state index contributed by atoms with van der Waals surface area (Å²) in [5.74, 6) is 0.275. The molecule has 20 heavy (non-hydrogen) atoms. The van der Waals surface area contributed by atoms with Crippen molar-refractivity contribution in [1.29, 1.82) is 0 Å². The van der Waals surface area contributed by atoms with Gasteiger partial charge in [-0.05, 0) is 37.5 Å². The van der Waals surface area contributed by atoms with E-state index < -0.39 is 5.97 Å². The number of hydrogen-bond acceptors (Lipinski definition) is 2. The zero-order chi connectivity index (χ0) is 14.5. The van der Waals surface area contributed by atoms with Gasteiger partial charge < -0.3 is 9.67 Å². The Bertz CT molecular complexity index is 602. The number of aromatic nitrogens is 2. The van der Waals surface area contributed by atoms with Crippen LogP contribution >= 0.6 is 0 Å². The highest BCUT2D eigenvalue weighted by molar-refractivity contribution is 5.77. The second kappa shape index (κ2) is 6.55. The van der Waals surface area contributed by atoms with Crippen LogP contribution in [0.1, 0.15) is 44.0 Å². The zero-order valence-corrected chi connectivity index (χ0v) is 12.2. The second-order valence-electron chi connectivity index (χ2n) is 5.27. The van der Waals surface area contributed by atoms with Crippen LogP contribution in [0.4, 0.5) is 0 Å². The van der Waals surface area contributed by atoms with Crippen LogP contribution in [0, 0.1) is 6.92 Å². The summed E-state index contributed by atoms with van der Waals surface area (Å²) in [5, 5.41) is 8.75. The Morgan fingerprint density at radius 3 is 2.85 bits per heavy atom. The maximum atomic E-state index is 10.6. The van der Waals surface area contributed by atoms with Gasteiger partial charge in [0.25, 0.3) is 0 Å². The van der Waals surface area contributed by atoms with E-state index in [1.165, 1.54) is 5.56 Å². The van der Waals surface area contributed by atoms with E-state index in [0.717, 1.165) is 42.7 Å². The van der Waals surface area contributed by atoms with E-state index in [4.69, 9.17) is 10.1 Å². The Morgan fingerprint density at radius 1 is 1.35 bits per heavy atom. The van der Waals surface area contributed by atoms with Gasteiger partial charge in [-0.2, -0.15) is 0 Å². The van der Waals surface area contributed by atoms with Crippen LogP contribution in [0.25, 0.3) is 11.0 Å². The maximum absolute atomic E-state index is 10.6. The van der Waals surface area contributed by atoms with Crippen LogP contribution < -0.4 is 0 Å². The summed E-state index contributed by atoms with van der Waals surface area (Å²) in [4.78, 5) is 15.3. The first-order valence-corrected chi connectivity index (χ1v) is 7.29. The summed E-state index contributed by atoms with van der Waals surface area (Å²) in [7, 11) is 0. The number of carboxylic acid groups (broad SMARTS) is 1. The fourth-order valence-electron chi connectivity index (χ4n) is 2.44. The van der Waals surface area contributed by atoms with Crippen LogP contribution in [0.2, 0.25) is 0 Å². The highest BCUT2D eigenvalue weighted by atomic mass is 16.4. The number of carboxylic acids is 1. The molecule has 4 heteroatoms. The summed E-state index contributed by atoms with van der Waals surface area (Å²) in [6.45, 7) is 5.19. The highest BCUT2D eigenvalue weighted by Gasteiger charge is 2.11. The van der Waals surface area contributed by atoms with Crippen molar-refractivity contribution in [3.63, 3.8) is 0 Å². The molecule has 0 aliphatic rings. The lowest BCUT2D eigenvalue weighted by Crippen LogP contribution is -2.05. The summed E-state index contributed by atoms with van der Waals surface area (Å²) < 4.78 is 2.25. The van der Waals surface area contributed by atoms with Crippen molar-refractivity contribution in [3.05, 3.63) is 29.6 Å². The van der Waals surface area contributed by atoms with Crippen molar-refractivity contribution in [2.75, 3.05) is 0 Å². The molecule has 2 rings (SSSR count). The molecule has 0 saturated carbocycles. The molecule has 1 aromatic carbocycles. The van der Waals surface area contributed by atoms with Gasteiger partial charge in [-0.1, -0.05) is 19.4 Å². The van der Waals surface area contributed by atoms with Crippen molar-refractivity contribution < 1.29 is 9.90 Å². The fraction of sp³-hybridized carbons (Fsp3) is 0.500. The molecule has 1 aromatic heterocycles. The number of unbranched alkanes of at least 4 members (excludes halogenated alkanes) is 1. The number of fused-ring (bicyclic) bond motifs is 1. The molecule has 0 unspecified atom stereocenters. The van der Waals surface area contributed by atoms with Crippen LogP contribution in [-0.4, -0.2) is 20.6 Å². The SMILES string of the molecule is CCCCn1c(CCCC(=O)O)nc2cc(C)ccc21. The first-order valence-electron chi connectivity index (χ1n) is 7.29. The zero-order valence-electron chi connectivity index (χ0n) is 12.2. The summed E-state index contributed by atoms with van der Waals surface area (Å²) in [6.07, 6.45) is 3.83. The van der Waals surface area contributed by atoms with Gasteiger partial charge in [0.05, 0.1) is 11.0 Å². The van der Waals surface area contributed by atoms with Crippen LogP contribution in [0.5, 0.6) is 0 Å². The molecule has 108 valence electrons. The van der Waals surface area contributed by atoms with E-state index in [1.807, 2.05) is 0 Å². The first-order chi connectivity index (χ1) is 9.61. The van der Waals surface area contributed by atoms with Crippen molar-refractivity contribution in [2.45, 2.75) is 52.5 Å². The van der Waals surface area contributed by atoms with E-state index in [2.05, 4.69) is 36.6 Å². The number of benzene rings is 1. The quantitative estimate of drug-likeness (QED) is 0.840. The molecule has 2 aromatic rings. The van der Waals surface area contributed by atoms with Crippen molar-refractivity contribution in [3.8, 4) is 0 Å². The average Bonchev–Trinajstić information content (AvgIpc) is 2.72. The van der Waals surface area contributed by atoms with E-state index in [9.17, 15) is 4.79 Å². The molecular weight excluding hydrogens is 252 g/mol. The Labute approximate surface area is 119 Å². The predicted octanol–water partition coefficient (Wildman–Crippen LogP) is 3.55. The van der Waals surface area contributed by atoms with E-state index in [1.54, 1.807) is 0 Å². The molecule has 0 bridgehead atoms. The lowest BCUT2D eigenvalue weighted by atomic mass is 10.2. The standard InChI is InChI=1S/C16H22N2O2/c1-3-4-10-18-14-9-8-12(2)11-13(14)17-15(18)6-5-7-16(19)20/h8-9,11H,3-7,10H2,1-2H3,(H,19,20). The van der Waals surface area contributed by atoms with E-state index in [0.29, 0.717) is 6.42 Å². The number of aryl methyl sites for hydroxylation is 3. The van der Waals surface area contributed by atoms with Gasteiger partial charge in [-0.3, -0.25) is 4.79 Å². The molecule has 0 fully saturated rings. The Kier molecular flexibility index (Phi) is 4.77. The van der Waals surface area contributed by atoms with Gasteiger partial charge in [-0.25, -0.2) is 4.98 Å². The minimum Gasteiger partial charge on any atom is -0.481 e. The van der Waals surface area contributed by atoms with Crippen molar-refractivity contribution in [1.82, 2.24) is 9.55 Å². The fourth-order valence-corrected chi connectivity index (χ4v) is 2.44. The second-order valence-corrected chi connectivity index (χ2v) is 5.27. The molecule has 0 spiro atoms. The van der Waals surface area contributed by atoms with E-state index >= 15 is 0 Å². The summed E-state index contributed by atoms with van der Waals surface area (Å²) in [5.41, 5.74) is 3.38. The minimum atomic E-state index is -0.739. The molecule has 1 N–H and O–H groups in total. The Balaban J connectivity index is 2.27. The highest BCUT2D eigenvalue weighted by Crippen LogP contribution is 2.20. The monoisotopic (exact) mass is 274 g/mol. The van der Waals surface area contributed by atoms with Gasteiger partial charge >= 0.3 is 5.97 Å². The van der Waals surface area contributed by atoms with Crippen molar-refractivity contribution in [2.24, 2.45) is 0 Å². The van der Waals surface area contributed by atoms with Crippen LogP contribution in [-0.2, 0) is 17.8 Å². The van der Waals surface area contributed by atoms with Crippen molar-refractivity contribution >= 4 is 17.0 Å². The Morgan fingerprint density at radius 2 is 2.15 bits per heavy atom. The van der Waals surface area contributed by atoms with Gasteiger partial charge in [0, 0.05) is 19.4 Å². The Hall–Kier alpha value is -1.84. The van der Waals surface area contributed by atoms with Gasteiger partial charge in [0.1, 0.15) is 5.82 Å². The third-order valence-electron chi connectivity index (χ3n) is 3.51. The van der Waals surface area contributed by atoms with Gasteiger partial charge in [0.15, 0.2) is 0 Å². The molecule has 1 heterocycles. The number of hydrogen-bond donors (Lipinski definition) is 1.